The van der Waals surface area contributed by atoms with Gasteiger partial charge in [0, 0.05) is 12.6 Å². The molecule has 0 saturated carbocycles. The van der Waals surface area contributed by atoms with E-state index in [0.29, 0.717) is 13.0 Å². The fraction of sp³-hybridized carbons (Fsp3) is 0.588. The van der Waals surface area contributed by atoms with Crippen molar-refractivity contribution < 1.29 is 9.90 Å². The van der Waals surface area contributed by atoms with Crippen molar-refractivity contribution in [2.45, 2.75) is 51.6 Å². The first-order valence-corrected chi connectivity index (χ1v) is 7.84. The molecule has 0 aliphatic carbocycles. The van der Waals surface area contributed by atoms with Crippen molar-refractivity contribution in [1.82, 2.24) is 4.90 Å². The first kappa shape index (κ1) is 17.7. The molecule has 0 saturated heterocycles. The molecule has 1 aromatic carbocycles. The van der Waals surface area contributed by atoms with Gasteiger partial charge in [-0.1, -0.05) is 44.2 Å². The van der Waals surface area contributed by atoms with Crippen molar-refractivity contribution in [2.24, 2.45) is 5.73 Å². The number of carbonyl (C=O) groups is 1. The quantitative estimate of drug-likeness (QED) is 0.731. The van der Waals surface area contributed by atoms with Gasteiger partial charge in [0.15, 0.2) is 0 Å². The van der Waals surface area contributed by atoms with Crippen LogP contribution in [0.4, 0.5) is 0 Å². The molecule has 0 spiro atoms. The van der Waals surface area contributed by atoms with Gasteiger partial charge < -0.3 is 15.7 Å². The van der Waals surface area contributed by atoms with Crippen LogP contribution in [0, 0.1) is 0 Å². The number of hydrogen-bond acceptors (Lipinski definition) is 3. The average molecular weight is 292 g/mol. The van der Waals surface area contributed by atoms with Gasteiger partial charge in [-0.15, -0.1) is 0 Å². The molecule has 4 heteroatoms. The monoisotopic (exact) mass is 292 g/mol. The number of nitrogens with two attached hydrogens (primary N) is 1. The van der Waals surface area contributed by atoms with Crippen LogP contribution in [0.3, 0.4) is 0 Å². The number of benzene rings is 1. The van der Waals surface area contributed by atoms with E-state index in [-0.39, 0.29) is 18.6 Å². The van der Waals surface area contributed by atoms with Crippen molar-refractivity contribution in [1.29, 1.82) is 0 Å². The predicted molar refractivity (Wildman–Crippen MR) is 85.9 cm³/mol. The van der Waals surface area contributed by atoms with Crippen molar-refractivity contribution >= 4 is 5.91 Å². The summed E-state index contributed by atoms with van der Waals surface area (Å²) in [5.41, 5.74) is 7.26. The Morgan fingerprint density at radius 2 is 1.86 bits per heavy atom. The van der Waals surface area contributed by atoms with Crippen LogP contribution >= 0.6 is 0 Å². The summed E-state index contributed by atoms with van der Waals surface area (Å²) in [4.78, 5) is 14.2. The van der Waals surface area contributed by atoms with Gasteiger partial charge in [-0.3, -0.25) is 4.79 Å². The summed E-state index contributed by atoms with van der Waals surface area (Å²) in [6, 6.07) is 9.71. The molecule has 21 heavy (non-hydrogen) atoms. The third-order valence-corrected chi connectivity index (χ3v) is 3.91. The minimum atomic E-state index is -0.502. The first-order valence-electron chi connectivity index (χ1n) is 7.84. The molecule has 0 fully saturated rings. The zero-order valence-corrected chi connectivity index (χ0v) is 13.2. The molecule has 1 aromatic rings. The lowest BCUT2D eigenvalue weighted by atomic mass is 10.0. The molecular formula is C17H28N2O2. The van der Waals surface area contributed by atoms with E-state index in [4.69, 9.17) is 5.73 Å². The number of hydrogen-bond donors (Lipinski definition) is 2. The first-order chi connectivity index (χ1) is 10.1. The Morgan fingerprint density at radius 1 is 1.24 bits per heavy atom. The van der Waals surface area contributed by atoms with E-state index in [1.807, 2.05) is 30.3 Å². The molecule has 0 heterocycles. The van der Waals surface area contributed by atoms with Crippen LogP contribution in [0.25, 0.3) is 0 Å². The summed E-state index contributed by atoms with van der Waals surface area (Å²) in [5.74, 6) is -0.0475. The fourth-order valence-electron chi connectivity index (χ4n) is 2.61. The van der Waals surface area contributed by atoms with Crippen LogP contribution in [0.2, 0.25) is 0 Å². The molecule has 0 radical (unpaired) electrons. The lowest BCUT2D eigenvalue weighted by Gasteiger charge is -2.32. The van der Waals surface area contributed by atoms with Crippen LogP contribution in [-0.4, -0.2) is 41.1 Å². The molecule has 0 bridgehead atoms. The van der Waals surface area contributed by atoms with E-state index >= 15 is 0 Å². The van der Waals surface area contributed by atoms with Gasteiger partial charge in [-0.2, -0.15) is 0 Å². The number of rotatable bonds is 9. The summed E-state index contributed by atoms with van der Waals surface area (Å²) in [5, 5.41) is 9.18. The molecule has 3 N–H and O–H groups in total. The highest BCUT2D eigenvalue weighted by Gasteiger charge is 2.25. The minimum Gasteiger partial charge on any atom is -0.395 e. The number of aryl methyl sites for hydroxylation is 1. The summed E-state index contributed by atoms with van der Waals surface area (Å²) in [6.45, 7) is 4.46. The molecule has 1 amide bonds. The smallest absolute Gasteiger partial charge is 0.239 e. The Bertz CT molecular complexity index is 405. The normalized spacial score (nSPS) is 12.4. The van der Waals surface area contributed by atoms with E-state index < -0.39 is 6.04 Å². The van der Waals surface area contributed by atoms with Gasteiger partial charge in [0.25, 0.3) is 0 Å². The fourth-order valence-corrected chi connectivity index (χ4v) is 2.61. The minimum absolute atomic E-state index is 0.0202. The Labute approximate surface area is 128 Å². The zero-order chi connectivity index (χ0) is 15.7. The van der Waals surface area contributed by atoms with Gasteiger partial charge in [0.1, 0.15) is 0 Å². The molecule has 0 aliphatic rings. The predicted octanol–water partition coefficient (Wildman–Crippen LogP) is 1.96. The average Bonchev–Trinajstić information content (AvgIpc) is 2.53. The second-order valence-corrected chi connectivity index (χ2v) is 5.36. The van der Waals surface area contributed by atoms with E-state index in [1.54, 1.807) is 4.90 Å². The van der Waals surface area contributed by atoms with Crippen LogP contribution in [-0.2, 0) is 11.2 Å². The third-order valence-electron chi connectivity index (χ3n) is 3.91. The zero-order valence-electron chi connectivity index (χ0n) is 13.2. The second kappa shape index (κ2) is 9.53. The molecule has 0 unspecified atom stereocenters. The van der Waals surface area contributed by atoms with Gasteiger partial charge in [-0.05, 0) is 31.2 Å². The second-order valence-electron chi connectivity index (χ2n) is 5.36. The lowest BCUT2D eigenvalue weighted by molar-refractivity contribution is -0.135. The van der Waals surface area contributed by atoms with Crippen LogP contribution in [0.15, 0.2) is 30.3 Å². The van der Waals surface area contributed by atoms with Gasteiger partial charge in [-0.25, -0.2) is 0 Å². The molecule has 0 aromatic heterocycles. The van der Waals surface area contributed by atoms with Crippen LogP contribution in [0.1, 0.15) is 38.7 Å². The largest absolute Gasteiger partial charge is 0.395 e. The van der Waals surface area contributed by atoms with Gasteiger partial charge in [0.2, 0.25) is 5.91 Å². The van der Waals surface area contributed by atoms with Crippen molar-refractivity contribution in [3.05, 3.63) is 35.9 Å². The SMILES string of the molecule is CCC(CC)N(CCO)C(=O)[C@@H](N)CCc1ccccc1. The number of aliphatic hydroxyl groups excluding tert-OH is 1. The van der Waals surface area contributed by atoms with E-state index in [1.165, 1.54) is 5.56 Å². The van der Waals surface area contributed by atoms with Crippen LogP contribution < -0.4 is 5.73 Å². The summed E-state index contributed by atoms with van der Waals surface area (Å²) in [7, 11) is 0. The topological polar surface area (TPSA) is 66.6 Å². The lowest BCUT2D eigenvalue weighted by Crippen LogP contribution is -2.49. The number of nitrogens with zero attached hydrogens (tertiary/aromatic N) is 1. The highest BCUT2D eigenvalue weighted by atomic mass is 16.3. The molecule has 1 atom stereocenters. The molecular weight excluding hydrogens is 264 g/mol. The maximum Gasteiger partial charge on any atom is 0.239 e. The van der Waals surface area contributed by atoms with Gasteiger partial charge >= 0.3 is 0 Å². The van der Waals surface area contributed by atoms with Crippen LogP contribution in [0.5, 0.6) is 0 Å². The van der Waals surface area contributed by atoms with Crippen molar-refractivity contribution in [3.63, 3.8) is 0 Å². The standard InChI is InChI=1S/C17H28N2O2/c1-3-15(4-2)19(12-13-20)17(21)16(18)11-10-14-8-6-5-7-9-14/h5-9,15-16,20H,3-4,10-13,18H2,1-2H3/t16-/m0/s1. The number of aliphatic hydroxyl groups is 1. The molecule has 118 valence electrons. The molecule has 4 nitrogen and oxygen atoms in total. The highest BCUT2D eigenvalue weighted by Crippen LogP contribution is 2.12. The third kappa shape index (κ3) is 5.48. The maximum absolute atomic E-state index is 12.5. The Morgan fingerprint density at radius 3 is 2.38 bits per heavy atom. The maximum atomic E-state index is 12.5. The van der Waals surface area contributed by atoms with E-state index in [0.717, 1.165) is 19.3 Å². The van der Waals surface area contributed by atoms with Gasteiger partial charge in [0.05, 0.1) is 12.6 Å². The Hall–Kier alpha value is -1.39. The summed E-state index contributed by atoms with van der Waals surface area (Å²) >= 11 is 0. The van der Waals surface area contributed by atoms with Crippen molar-refractivity contribution in [3.8, 4) is 0 Å². The molecule has 0 aliphatic heterocycles. The summed E-state index contributed by atoms with van der Waals surface area (Å²) in [6.07, 6.45) is 3.19. The molecule has 1 rings (SSSR count). The Kier molecular flexibility index (Phi) is 8.01. The Balaban J connectivity index is 2.61. The van der Waals surface area contributed by atoms with Crippen molar-refractivity contribution in [2.75, 3.05) is 13.2 Å². The van der Waals surface area contributed by atoms with E-state index in [2.05, 4.69) is 13.8 Å². The summed E-state index contributed by atoms with van der Waals surface area (Å²) < 4.78 is 0. The van der Waals surface area contributed by atoms with E-state index in [9.17, 15) is 9.90 Å². The number of carbonyl (C=O) groups excluding carboxylic acids is 1. The number of amides is 1. The highest BCUT2D eigenvalue weighted by molar-refractivity contribution is 5.82.